The van der Waals surface area contributed by atoms with Crippen LogP contribution in [0, 0.1) is 0 Å². The van der Waals surface area contributed by atoms with Crippen LogP contribution in [-0.2, 0) is 27.5 Å². The van der Waals surface area contributed by atoms with Crippen LogP contribution in [0.2, 0.25) is 0 Å². The Kier molecular flexibility index (Phi) is 4.96. The molecule has 0 spiro atoms. The third-order valence-corrected chi connectivity index (χ3v) is 6.15. The Morgan fingerprint density at radius 1 is 1.12 bits per heavy atom. The maximum Gasteiger partial charge on any atom is 0.234 e. The summed E-state index contributed by atoms with van der Waals surface area (Å²) in [7, 11) is -3.37. The number of sulfone groups is 1. The van der Waals surface area contributed by atoms with Gasteiger partial charge in [0.05, 0.1) is 16.3 Å². The van der Waals surface area contributed by atoms with Crippen LogP contribution in [0.25, 0.3) is 0 Å². The van der Waals surface area contributed by atoms with E-state index in [9.17, 15) is 13.2 Å². The highest BCUT2D eigenvalue weighted by Gasteiger charge is 2.15. The largest absolute Gasteiger partial charge is 0.324 e. The van der Waals surface area contributed by atoms with Gasteiger partial charge in [-0.15, -0.1) is 11.8 Å². The van der Waals surface area contributed by atoms with Crippen molar-refractivity contribution in [3.8, 4) is 0 Å². The van der Waals surface area contributed by atoms with Gasteiger partial charge in [0, 0.05) is 11.2 Å². The molecule has 2 aromatic carbocycles. The van der Waals surface area contributed by atoms with Crippen molar-refractivity contribution in [2.24, 2.45) is 0 Å². The van der Waals surface area contributed by atoms with Crippen molar-refractivity contribution in [1.29, 1.82) is 0 Å². The van der Waals surface area contributed by atoms with E-state index in [1.807, 2.05) is 6.07 Å². The molecule has 0 fully saturated rings. The number of thioether (sulfide) groups is 1. The van der Waals surface area contributed by atoms with E-state index < -0.39 is 9.84 Å². The molecule has 1 aliphatic rings. The van der Waals surface area contributed by atoms with Crippen molar-refractivity contribution >= 4 is 33.2 Å². The fraction of sp³-hybridized carbons (Fsp3) is 0.278. The Hall–Kier alpha value is -1.79. The van der Waals surface area contributed by atoms with Crippen LogP contribution in [0.5, 0.6) is 0 Å². The summed E-state index contributed by atoms with van der Waals surface area (Å²) in [6.07, 6.45) is 4.59. The Morgan fingerprint density at radius 2 is 1.88 bits per heavy atom. The average molecular weight is 361 g/mol. The topological polar surface area (TPSA) is 63.2 Å². The molecular weight excluding hydrogens is 342 g/mol. The van der Waals surface area contributed by atoms with E-state index in [1.165, 1.54) is 35.4 Å². The van der Waals surface area contributed by atoms with E-state index in [1.54, 1.807) is 18.2 Å². The summed E-state index contributed by atoms with van der Waals surface area (Å²) in [5, 5.41) is 2.70. The molecule has 1 amide bonds. The lowest BCUT2D eigenvalue weighted by Crippen LogP contribution is -2.16. The van der Waals surface area contributed by atoms with Crippen LogP contribution in [-0.4, -0.2) is 26.3 Å². The number of para-hydroxylation sites is 1. The molecule has 1 aliphatic carbocycles. The van der Waals surface area contributed by atoms with Crippen molar-refractivity contribution < 1.29 is 13.2 Å². The van der Waals surface area contributed by atoms with Crippen molar-refractivity contribution in [2.45, 2.75) is 29.1 Å². The van der Waals surface area contributed by atoms with Crippen LogP contribution < -0.4 is 5.32 Å². The molecule has 0 unspecified atom stereocenters. The number of fused-ring (bicyclic) bond motifs is 1. The Morgan fingerprint density at radius 3 is 2.67 bits per heavy atom. The monoisotopic (exact) mass is 361 g/mol. The fourth-order valence-corrected chi connectivity index (χ4v) is 4.47. The van der Waals surface area contributed by atoms with Crippen molar-refractivity contribution in [3.05, 3.63) is 53.6 Å². The standard InChI is InChI=1S/C18H19NO3S2/c1-24(21,22)17-8-3-2-7-16(17)19-18(20)12-23-15-10-9-13-5-4-6-14(13)11-15/h2-3,7-11H,4-6,12H2,1H3,(H,19,20). The predicted octanol–water partition coefficient (Wildman–Crippen LogP) is 3.31. The molecule has 1 N–H and O–H groups in total. The van der Waals surface area contributed by atoms with Crippen LogP contribution in [0.15, 0.2) is 52.3 Å². The normalized spacial score (nSPS) is 13.5. The molecule has 126 valence electrons. The van der Waals surface area contributed by atoms with Gasteiger partial charge in [0.15, 0.2) is 9.84 Å². The molecule has 0 heterocycles. The van der Waals surface area contributed by atoms with Gasteiger partial charge in [0.2, 0.25) is 5.91 Å². The fourth-order valence-electron chi connectivity index (χ4n) is 2.87. The quantitative estimate of drug-likeness (QED) is 0.830. The second kappa shape index (κ2) is 6.99. The van der Waals surface area contributed by atoms with Gasteiger partial charge in [0.25, 0.3) is 0 Å². The van der Waals surface area contributed by atoms with Crippen molar-refractivity contribution in [2.75, 3.05) is 17.3 Å². The minimum Gasteiger partial charge on any atom is -0.324 e. The number of hydrogen-bond donors (Lipinski definition) is 1. The second-order valence-electron chi connectivity index (χ2n) is 5.89. The molecule has 4 nitrogen and oxygen atoms in total. The van der Waals surface area contributed by atoms with E-state index in [2.05, 4.69) is 17.4 Å². The van der Waals surface area contributed by atoms with Crippen molar-refractivity contribution in [3.63, 3.8) is 0 Å². The molecule has 0 saturated carbocycles. The molecule has 0 atom stereocenters. The maximum absolute atomic E-state index is 12.2. The van der Waals surface area contributed by atoms with Gasteiger partial charge in [-0.25, -0.2) is 8.42 Å². The zero-order chi connectivity index (χ0) is 17.2. The van der Waals surface area contributed by atoms with Crippen LogP contribution in [0.4, 0.5) is 5.69 Å². The van der Waals surface area contributed by atoms with E-state index >= 15 is 0 Å². The smallest absolute Gasteiger partial charge is 0.234 e. The number of hydrogen-bond acceptors (Lipinski definition) is 4. The summed E-state index contributed by atoms with van der Waals surface area (Å²) in [4.78, 5) is 13.4. The van der Waals surface area contributed by atoms with E-state index in [-0.39, 0.29) is 16.6 Å². The number of aryl methyl sites for hydroxylation is 2. The van der Waals surface area contributed by atoms with Crippen LogP contribution in [0.1, 0.15) is 17.5 Å². The number of carbonyl (C=O) groups is 1. The molecule has 0 aliphatic heterocycles. The van der Waals surface area contributed by atoms with Crippen molar-refractivity contribution in [1.82, 2.24) is 0 Å². The number of amides is 1. The molecule has 24 heavy (non-hydrogen) atoms. The SMILES string of the molecule is CS(=O)(=O)c1ccccc1NC(=O)CSc1ccc2c(c1)CCC2. The van der Waals surface area contributed by atoms with E-state index in [4.69, 9.17) is 0 Å². The number of rotatable bonds is 5. The van der Waals surface area contributed by atoms with Gasteiger partial charge in [-0.3, -0.25) is 4.79 Å². The minimum absolute atomic E-state index is 0.140. The third kappa shape index (κ3) is 3.99. The summed E-state index contributed by atoms with van der Waals surface area (Å²) >= 11 is 1.47. The second-order valence-corrected chi connectivity index (χ2v) is 8.92. The van der Waals surface area contributed by atoms with Gasteiger partial charge in [-0.05, 0) is 54.7 Å². The molecule has 0 aromatic heterocycles. The first-order chi connectivity index (χ1) is 11.4. The van der Waals surface area contributed by atoms with Gasteiger partial charge in [0.1, 0.15) is 0 Å². The summed E-state index contributed by atoms with van der Waals surface area (Å²) < 4.78 is 23.5. The average Bonchev–Trinajstić information content (AvgIpc) is 3.00. The molecular formula is C18H19NO3S2. The first-order valence-corrected chi connectivity index (χ1v) is 10.6. The first-order valence-electron chi connectivity index (χ1n) is 7.77. The molecule has 6 heteroatoms. The van der Waals surface area contributed by atoms with Crippen LogP contribution in [0.3, 0.4) is 0 Å². The molecule has 3 rings (SSSR count). The number of anilines is 1. The maximum atomic E-state index is 12.2. The lowest BCUT2D eigenvalue weighted by molar-refractivity contribution is -0.113. The zero-order valence-corrected chi connectivity index (χ0v) is 15.0. The lowest BCUT2D eigenvalue weighted by atomic mass is 10.1. The zero-order valence-electron chi connectivity index (χ0n) is 13.4. The molecule has 2 aromatic rings. The summed E-state index contributed by atoms with van der Waals surface area (Å²) in [5.74, 6) is 0.0354. The number of nitrogens with one attached hydrogen (secondary N) is 1. The highest BCUT2D eigenvalue weighted by Crippen LogP contribution is 2.28. The number of carbonyl (C=O) groups excluding carboxylic acids is 1. The highest BCUT2D eigenvalue weighted by atomic mass is 32.2. The summed E-state index contributed by atoms with van der Waals surface area (Å²) in [6.45, 7) is 0. The molecule has 0 bridgehead atoms. The minimum atomic E-state index is -3.37. The summed E-state index contributed by atoms with van der Waals surface area (Å²) in [6, 6.07) is 12.8. The predicted molar refractivity (Wildman–Crippen MR) is 97.4 cm³/mol. The van der Waals surface area contributed by atoms with E-state index in [0.29, 0.717) is 5.69 Å². The van der Waals surface area contributed by atoms with Crippen LogP contribution >= 0.6 is 11.8 Å². The Labute approximate surface area is 146 Å². The molecule has 0 saturated heterocycles. The highest BCUT2D eigenvalue weighted by molar-refractivity contribution is 8.00. The first kappa shape index (κ1) is 17.0. The molecule has 0 radical (unpaired) electrons. The Balaban J connectivity index is 1.65. The lowest BCUT2D eigenvalue weighted by Gasteiger charge is -2.10. The third-order valence-electron chi connectivity index (χ3n) is 4.00. The Bertz CT molecular complexity index is 876. The van der Waals surface area contributed by atoms with Gasteiger partial charge in [-0.1, -0.05) is 18.2 Å². The van der Waals surface area contributed by atoms with Gasteiger partial charge < -0.3 is 5.32 Å². The van der Waals surface area contributed by atoms with Gasteiger partial charge in [-0.2, -0.15) is 0 Å². The summed E-state index contributed by atoms with van der Waals surface area (Å²) in [5.41, 5.74) is 3.12. The number of benzene rings is 2. The van der Waals surface area contributed by atoms with E-state index in [0.717, 1.165) is 24.0 Å². The van der Waals surface area contributed by atoms with Gasteiger partial charge >= 0.3 is 0 Å².